The smallest absolute Gasteiger partial charge is 0.207 e. The van der Waals surface area contributed by atoms with Crippen molar-refractivity contribution in [2.45, 2.75) is 83.2 Å². The fourth-order valence-corrected chi connectivity index (χ4v) is 4.88. The Balaban J connectivity index is 1.51. The van der Waals surface area contributed by atoms with Crippen molar-refractivity contribution in [3.8, 4) is 11.8 Å². The summed E-state index contributed by atoms with van der Waals surface area (Å²) in [5.74, 6) is 1.18. The van der Waals surface area contributed by atoms with Crippen LogP contribution in [0.5, 0.6) is 0 Å². The average Bonchev–Trinajstić information content (AvgIpc) is 2.77. The monoisotopic (exact) mass is 480 g/mol. The first-order valence-electron chi connectivity index (χ1n) is 12.0. The largest absolute Gasteiger partial charge is 0.458 e. The van der Waals surface area contributed by atoms with Gasteiger partial charge in [-0.05, 0) is 98.1 Å². The zero-order valence-electron chi connectivity index (χ0n) is 19.4. The average molecular weight is 481 g/mol. The third-order valence-corrected chi connectivity index (χ3v) is 6.68. The molecule has 0 N–H and O–H groups in total. The molecule has 0 heterocycles. The van der Waals surface area contributed by atoms with E-state index in [1.54, 1.807) is 6.07 Å². The molecule has 1 aliphatic carbocycles. The summed E-state index contributed by atoms with van der Waals surface area (Å²) >= 11 is 0. The van der Waals surface area contributed by atoms with Gasteiger partial charge in [0.2, 0.25) is 0 Å². The topological polar surface area (TPSA) is 0 Å². The zero-order valence-corrected chi connectivity index (χ0v) is 19.4. The Hall–Kier alpha value is -2.42. The first kappa shape index (κ1) is 26.2. The lowest BCUT2D eigenvalue weighted by molar-refractivity contribution is -0.0696. The molecule has 0 saturated heterocycles. The lowest BCUT2D eigenvalue weighted by atomic mass is 9.77. The summed E-state index contributed by atoms with van der Waals surface area (Å²) in [6.07, 6.45) is 4.33. The molecule has 0 aromatic heterocycles. The Morgan fingerprint density at radius 1 is 0.853 bits per heavy atom. The normalized spacial score (nSPS) is 18.4. The van der Waals surface area contributed by atoms with Gasteiger partial charge in [-0.3, -0.25) is 0 Å². The summed E-state index contributed by atoms with van der Waals surface area (Å²) in [5, 5.41) is 0. The molecule has 1 fully saturated rings. The number of alkyl halides is 3. The van der Waals surface area contributed by atoms with Crippen LogP contribution in [0.25, 0.3) is 0 Å². The van der Waals surface area contributed by atoms with Crippen LogP contribution >= 0.6 is 0 Å². The van der Waals surface area contributed by atoms with Crippen molar-refractivity contribution in [1.82, 2.24) is 0 Å². The van der Waals surface area contributed by atoms with Gasteiger partial charge in [0.15, 0.2) is 0 Å². The molecular weight excluding hydrogens is 450 g/mol. The van der Waals surface area contributed by atoms with Crippen LogP contribution in [0.15, 0.2) is 30.3 Å². The Morgan fingerprint density at radius 2 is 1.50 bits per heavy atom. The summed E-state index contributed by atoms with van der Waals surface area (Å²) < 4.78 is 79.2. The first-order valence-corrected chi connectivity index (χ1v) is 12.0. The highest BCUT2D eigenvalue weighted by molar-refractivity contribution is 5.40. The molecule has 2 aromatic rings. The molecule has 0 radical (unpaired) electrons. The molecule has 0 amide bonds. The molecule has 0 unspecified atom stereocenters. The van der Waals surface area contributed by atoms with Crippen molar-refractivity contribution in [2.75, 3.05) is 0 Å². The summed E-state index contributed by atoms with van der Waals surface area (Å²) in [6.45, 7) is 2.21. The van der Waals surface area contributed by atoms with Crippen molar-refractivity contribution in [2.24, 2.45) is 5.92 Å². The van der Waals surface area contributed by atoms with Crippen molar-refractivity contribution < 1.29 is 26.3 Å². The first-order chi connectivity index (χ1) is 16.2. The Morgan fingerprint density at radius 3 is 2.09 bits per heavy atom. The quantitative estimate of drug-likeness (QED) is 0.201. The van der Waals surface area contributed by atoms with E-state index in [1.807, 2.05) is 12.1 Å². The van der Waals surface area contributed by atoms with Gasteiger partial charge in [-0.2, -0.15) is 13.2 Å². The van der Waals surface area contributed by atoms with Crippen molar-refractivity contribution in [1.29, 1.82) is 0 Å². The lowest BCUT2D eigenvalue weighted by Crippen LogP contribution is -2.13. The molecule has 6 heteroatoms. The van der Waals surface area contributed by atoms with E-state index in [0.717, 1.165) is 42.4 Å². The third kappa shape index (κ3) is 7.55. The highest BCUT2D eigenvalue weighted by atomic mass is 19.4. The van der Waals surface area contributed by atoms with E-state index in [4.69, 9.17) is 0 Å². The van der Waals surface area contributed by atoms with Crippen LogP contribution in [-0.2, 0) is 12.8 Å². The number of benzene rings is 2. The standard InChI is InChI=1S/C28H30F6/c1-2-5-19-8-10-21(11-9-19)23-13-12-22(25(29)18-23)7-4-3-6-20-16-26(30)24(27(31)17-20)14-15-28(32,33)34/h12-13,16-19,21H,2-11H2,1H3. The molecule has 0 aliphatic heterocycles. The van der Waals surface area contributed by atoms with E-state index >= 15 is 0 Å². The van der Waals surface area contributed by atoms with Gasteiger partial charge in [-0.1, -0.05) is 37.8 Å². The van der Waals surface area contributed by atoms with Crippen LogP contribution in [0, 0.1) is 35.2 Å². The highest BCUT2D eigenvalue weighted by Gasteiger charge is 2.24. The molecule has 0 bridgehead atoms. The van der Waals surface area contributed by atoms with Crippen LogP contribution in [0.3, 0.4) is 0 Å². The SMILES string of the molecule is CCCC1CCC(c2ccc(CCCCc3cc(F)c(C#CC(F)(F)F)c(F)c3)c(F)c2)CC1. The Bertz CT molecular complexity index is 996. The number of hydrogen-bond donors (Lipinski definition) is 0. The van der Waals surface area contributed by atoms with E-state index < -0.39 is 23.4 Å². The summed E-state index contributed by atoms with van der Waals surface area (Å²) in [7, 11) is 0. The molecule has 0 spiro atoms. The second-order valence-electron chi connectivity index (χ2n) is 9.25. The Labute approximate surface area is 197 Å². The van der Waals surface area contributed by atoms with Gasteiger partial charge in [-0.15, -0.1) is 0 Å². The van der Waals surface area contributed by atoms with Crippen LogP contribution in [0.1, 0.15) is 86.5 Å². The van der Waals surface area contributed by atoms with Crippen LogP contribution in [-0.4, -0.2) is 6.18 Å². The molecular formula is C28H30F6. The fraction of sp³-hybridized carbons (Fsp3) is 0.500. The minimum absolute atomic E-state index is 0.210. The van der Waals surface area contributed by atoms with Crippen molar-refractivity contribution >= 4 is 0 Å². The predicted molar refractivity (Wildman–Crippen MR) is 122 cm³/mol. The molecule has 2 aromatic carbocycles. The van der Waals surface area contributed by atoms with E-state index in [-0.39, 0.29) is 5.82 Å². The van der Waals surface area contributed by atoms with E-state index in [9.17, 15) is 26.3 Å². The van der Waals surface area contributed by atoms with Crippen molar-refractivity contribution in [3.63, 3.8) is 0 Å². The maximum Gasteiger partial charge on any atom is 0.458 e. The highest BCUT2D eigenvalue weighted by Crippen LogP contribution is 2.38. The molecule has 1 aliphatic rings. The minimum Gasteiger partial charge on any atom is -0.207 e. The predicted octanol–water partition coefficient (Wildman–Crippen LogP) is 8.66. The van der Waals surface area contributed by atoms with Gasteiger partial charge < -0.3 is 0 Å². The van der Waals surface area contributed by atoms with Gasteiger partial charge in [0, 0.05) is 5.92 Å². The molecule has 0 atom stereocenters. The van der Waals surface area contributed by atoms with Gasteiger partial charge in [0.25, 0.3) is 0 Å². The van der Waals surface area contributed by atoms with E-state index in [1.165, 1.54) is 31.6 Å². The van der Waals surface area contributed by atoms with Gasteiger partial charge in [-0.25, -0.2) is 13.2 Å². The van der Waals surface area contributed by atoms with E-state index in [0.29, 0.717) is 42.7 Å². The number of hydrogen-bond acceptors (Lipinski definition) is 0. The second kappa shape index (κ2) is 11.8. The van der Waals surface area contributed by atoms with Gasteiger partial charge in [0.05, 0.1) is 5.56 Å². The number of unbranched alkanes of at least 4 members (excludes halogenated alkanes) is 1. The maximum atomic E-state index is 14.7. The third-order valence-electron chi connectivity index (χ3n) is 6.68. The molecule has 184 valence electrons. The maximum absolute atomic E-state index is 14.7. The summed E-state index contributed by atoms with van der Waals surface area (Å²) in [5.41, 5.74) is 1.14. The summed E-state index contributed by atoms with van der Waals surface area (Å²) in [4.78, 5) is 0. The fourth-order valence-electron chi connectivity index (χ4n) is 4.88. The second-order valence-corrected chi connectivity index (χ2v) is 9.25. The number of aryl methyl sites for hydroxylation is 2. The summed E-state index contributed by atoms with van der Waals surface area (Å²) in [6, 6.07) is 7.54. The zero-order chi connectivity index (χ0) is 24.7. The van der Waals surface area contributed by atoms with E-state index in [2.05, 4.69) is 6.92 Å². The molecule has 3 rings (SSSR count). The molecule has 0 nitrogen and oxygen atoms in total. The number of halogens is 6. The van der Waals surface area contributed by atoms with Crippen molar-refractivity contribution in [3.05, 3.63) is 70.0 Å². The van der Waals surface area contributed by atoms with Gasteiger partial charge in [0.1, 0.15) is 17.5 Å². The van der Waals surface area contributed by atoms with Gasteiger partial charge >= 0.3 is 6.18 Å². The van der Waals surface area contributed by atoms with Crippen LogP contribution in [0.2, 0.25) is 0 Å². The van der Waals surface area contributed by atoms with Crippen LogP contribution in [0.4, 0.5) is 26.3 Å². The molecule has 34 heavy (non-hydrogen) atoms. The minimum atomic E-state index is -4.82. The Kier molecular flexibility index (Phi) is 9.10. The lowest BCUT2D eigenvalue weighted by Gasteiger charge is -2.28. The van der Waals surface area contributed by atoms with Crippen LogP contribution < -0.4 is 0 Å². The molecule has 1 saturated carbocycles. The number of rotatable bonds is 8.